The van der Waals surface area contributed by atoms with Gasteiger partial charge in [-0.15, -0.1) is 11.3 Å². The number of amides is 1. The molecule has 0 spiro atoms. The molecule has 0 aliphatic rings. The van der Waals surface area contributed by atoms with Gasteiger partial charge in [0.1, 0.15) is 28.3 Å². The van der Waals surface area contributed by atoms with Crippen LogP contribution in [-0.2, 0) is 11.3 Å². The summed E-state index contributed by atoms with van der Waals surface area (Å²) in [6.07, 6.45) is 0. The van der Waals surface area contributed by atoms with Gasteiger partial charge < -0.3 is 19.5 Å². The van der Waals surface area contributed by atoms with Crippen molar-refractivity contribution in [1.29, 1.82) is 5.26 Å². The molecule has 1 N–H and O–H groups in total. The van der Waals surface area contributed by atoms with Gasteiger partial charge in [0.15, 0.2) is 0 Å². The van der Waals surface area contributed by atoms with Gasteiger partial charge in [-0.1, -0.05) is 17.8 Å². The van der Waals surface area contributed by atoms with Crippen LogP contribution in [0.25, 0.3) is 21.7 Å². The Labute approximate surface area is 224 Å². The summed E-state index contributed by atoms with van der Waals surface area (Å²) in [5.41, 5.74) is 3.71. The van der Waals surface area contributed by atoms with Crippen LogP contribution in [0.1, 0.15) is 11.1 Å². The van der Waals surface area contributed by atoms with Gasteiger partial charge in [-0.3, -0.25) is 4.79 Å². The van der Waals surface area contributed by atoms with E-state index in [4.69, 9.17) is 19.2 Å². The largest absolute Gasteiger partial charge is 0.497 e. The molecule has 0 bridgehead atoms. The number of aromatic nitrogens is 1. The fourth-order valence-corrected chi connectivity index (χ4v) is 5.21. The summed E-state index contributed by atoms with van der Waals surface area (Å²) in [5.74, 6) is 1.98. The molecule has 0 unspecified atom stereocenters. The zero-order chi connectivity index (χ0) is 26.2. The van der Waals surface area contributed by atoms with Crippen LogP contribution in [-0.4, -0.2) is 38.0 Å². The lowest BCUT2D eigenvalue weighted by molar-refractivity contribution is -0.118. The number of nitrogens with one attached hydrogen (secondary N) is 1. The van der Waals surface area contributed by atoms with Gasteiger partial charge in [-0.25, -0.2) is 4.98 Å². The average Bonchev–Trinajstić information content (AvgIpc) is 3.49. The van der Waals surface area contributed by atoms with E-state index < -0.39 is 0 Å². The van der Waals surface area contributed by atoms with E-state index in [9.17, 15) is 10.1 Å². The number of benzene rings is 2. The van der Waals surface area contributed by atoms with E-state index in [1.54, 1.807) is 38.7 Å². The summed E-state index contributed by atoms with van der Waals surface area (Å²) in [4.78, 5) is 18.5. The fraction of sp³-hybridized carbons (Fsp3) is 0.179. The van der Waals surface area contributed by atoms with Gasteiger partial charge in [0, 0.05) is 28.6 Å². The summed E-state index contributed by atoms with van der Waals surface area (Å²) in [7, 11) is 4.78. The van der Waals surface area contributed by atoms with Gasteiger partial charge in [0.25, 0.3) is 0 Å². The number of thioether (sulfide) groups is 1. The number of hydrogen-bond donors (Lipinski definition) is 1. The highest BCUT2D eigenvalue weighted by Gasteiger charge is 2.18. The van der Waals surface area contributed by atoms with Crippen molar-refractivity contribution >= 4 is 29.0 Å². The summed E-state index contributed by atoms with van der Waals surface area (Å²) < 4.78 is 15.9. The number of carbonyl (C=O) groups is 1. The molecule has 2 heterocycles. The number of methoxy groups -OCH3 is 3. The smallest absolute Gasteiger partial charge is 0.230 e. The Hall–Kier alpha value is -4.00. The van der Waals surface area contributed by atoms with Crippen LogP contribution in [0, 0.1) is 11.3 Å². The van der Waals surface area contributed by atoms with Crippen molar-refractivity contribution in [3.8, 4) is 45.0 Å². The topological polar surface area (TPSA) is 93.5 Å². The van der Waals surface area contributed by atoms with E-state index in [-0.39, 0.29) is 11.7 Å². The first-order chi connectivity index (χ1) is 18.0. The van der Waals surface area contributed by atoms with Gasteiger partial charge in [-0.05, 0) is 59.5 Å². The van der Waals surface area contributed by atoms with E-state index in [2.05, 4.69) is 11.4 Å². The summed E-state index contributed by atoms with van der Waals surface area (Å²) in [5, 5.41) is 15.4. The lowest BCUT2D eigenvalue weighted by Crippen LogP contribution is -2.24. The maximum Gasteiger partial charge on any atom is 0.230 e. The SMILES string of the molecule is COc1ccc(-c2cc(-c3cccs3)c(C#N)c(SCC(=O)NCc3cc(OC)cc(OC)c3)n2)cc1. The Morgan fingerprint density at radius 3 is 2.30 bits per heavy atom. The van der Waals surface area contributed by atoms with Crippen LogP contribution < -0.4 is 19.5 Å². The molecule has 37 heavy (non-hydrogen) atoms. The lowest BCUT2D eigenvalue weighted by Gasteiger charge is -2.12. The molecule has 0 saturated carbocycles. The maximum absolute atomic E-state index is 12.7. The first kappa shape index (κ1) is 26.1. The molecule has 0 aliphatic carbocycles. The van der Waals surface area contributed by atoms with Crippen molar-refractivity contribution in [2.75, 3.05) is 27.1 Å². The molecule has 0 saturated heterocycles. The first-order valence-electron chi connectivity index (χ1n) is 11.3. The van der Waals surface area contributed by atoms with Gasteiger partial charge in [0.05, 0.1) is 38.3 Å². The van der Waals surface area contributed by atoms with Crippen molar-refractivity contribution in [2.24, 2.45) is 0 Å². The number of carbonyl (C=O) groups excluding carboxylic acids is 1. The van der Waals surface area contributed by atoms with Crippen LogP contribution in [0.15, 0.2) is 71.1 Å². The third-order valence-electron chi connectivity index (χ3n) is 5.51. The summed E-state index contributed by atoms with van der Waals surface area (Å²) in [6.45, 7) is 0.317. The third-order valence-corrected chi connectivity index (χ3v) is 7.39. The fourth-order valence-electron chi connectivity index (χ4n) is 3.62. The molecule has 2 aromatic heterocycles. The van der Waals surface area contributed by atoms with Crippen molar-refractivity contribution in [3.05, 3.63) is 77.2 Å². The number of thiophene rings is 1. The molecule has 0 aliphatic heterocycles. The molecular weight excluding hydrogens is 506 g/mol. The van der Waals surface area contributed by atoms with E-state index in [1.165, 1.54) is 11.8 Å². The quantitative estimate of drug-likeness (QED) is 0.259. The van der Waals surface area contributed by atoms with Gasteiger partial charge in [0.2, 0.25) is 5.91 Å². The Balaban J connectivity index is 1.56. The molecule has 9 heteroatoms. The van der Waals surface area contributed by atoms with Gasteiger partial charge in [-0.2, -0.15) is 5.26 Å². The van der Waals surface area contributed by atoms with Crippen molar-refractivity contribution < 1.29 is 19.0 Å². The zero-order valence-electron chi connectivity index (χ0n) is 20.6. The molecule has 4 aromatic rings. The normalized spacial score (nSPS) is 10.4. The van der Waals surface area contributed by atoms with Crippen molar-refractivity contribution in [2.45, 2.75) is 11.6 Å². The first-order valence-corrected chi connectivity index (χ1v) is 13.2. The Bertz CT molecular complexity index is 1390. The van der Waals surface area contributed by atoms with Crippen LogP contribution in [0.5, 0.6) is 17.2 Å². The molecule has 2 aromatic carbocycles. The minimum atomic E-state index is -0.176. The summed E-state index contributed by atoms with van der Waals surface area (Å²) in [6, 6.07) is 21.2. The highest BCUT2D eigenvalue weighted by atomic mass is 32.2. The second-order valence-corrected chi connectivity index (χ2v) is 9.75. The minimum absolute atomic E-state index is 0.110. The zero-order valence-corrected chi connectivity index (χ0v) is 22.2. The Kier molecular flexibility index (Phi) is 8.67. The van der Waals surface area contributed by atoms with E-state index in [0.717, 1.165) is 33.0 Å². The number of rotatable bonds is 10. The second-order valence-electron chi connectivity index (χ2n) is 7.84. The number of ether oxygens (including phenoxy) is 3. The number of nitriles is 1. The van der Waals surface area contributed by atoms with Crippen LogP contribution >= 0.6 is 23.1 Å². The van der Waals surface area contributed by atoms with Crippen LogP contribution in [0.3, 0.4) is 0 Å². The molecular formula is C28H25N3O4S2. The monoisotopic (exact) mass is 531 g/mol. The maximum atomic E-state index is 12.7. The molecule has 1 amide bonds. The van der Waals surface area contributed by atoms with E-state index >= 15 is 0 Å². The average molecular weight is 532 g/mol. The Morgan fingerprint density at radius 1 is 1.00 bits per heavy atom. The number of pyridine rings is 1. The summed E-state index contributed by atoms with van der Waals surface area (Å²) >= 11 is 2.80. The molecule has 0 fully saturated rings. The predicted molar refractivity (Wildman–Crippen MR) is 146 cm³/mol. The third kappa shape index (κ3) is 6.42. The second kappa shape index (κ2) is 12.3. The molecule has 0 atom stereocenters. The highest BCUT2D eigenvalue weighted by Crippen LogP contribution is 2.36. The van der Waals surface area contributed by atoms with Crippen molar-refractivity contribution in [1.82, 2.24) is 10.3 Å². The molecule has 188 valence electrons. The lowest BCUT2D eigenvalue weighted by atomic mass is 10.0. The molecule has 0 radical (unpaired) electrons. The predicted octanol–water partition coefficient (Wildman–Crippen LogP) is 5.78. The number of hydrogen-bond acceptors (Lipinski definition) is 8. The Morgan fingerprint density at radius 2 is 1.70 bits per heavy atom. The number of nitrogens with zero attached hydrogens (tertiary/aromatic N) is 2. The van der Waals surface area contributed by atoms with E-state index in [1.807, 2.05) is 60.0 Å². The highest BCUT2D eigenvalue weighted by molar-refractivity contribution is 8.00. The van der Waals surface area contributed by atoms with E-state index in [0.29, 0.717) is 28.6 Å². The standard InChI is InChI=1S/C28H25N3O4S2/c1-33-20-8-6-19(7-9-20)25-14-23(26-5-4-10-36-26)24(15-29)28(31-25)37-17-27(32)30-16-18-11-21(34-2)13-22(12-18)35-3/h4-14H,16-17H2,1-3H3,(H,30,32). The molecule has 7 nitrogen and oxygen atoms in total. The van der Waals surface area contributed by atoms with Crippen LogP contribution in [0.2, 0.25) is 0 Å². The van der Waals surface area contributed by atoms with Crippen LogP contribution in [0.4, 0.5) is 0 Å². The van der Waals surface area contributed by atoms with Gasteiger partial charge >= 0.3 is 0 Å². The van der Waals surface area contributed by atoms with Crippen molar-refractivity contribution in [3.63, 3.8) is 0 Å². The molecule has 4 rings (SSSR count). The minimum Gasteiger partial charge on any atom is -0.497 e.